The van der Waals surface area contributed by atoms with Crippen molar-refractivity contribution < 1.29 is 9.18 Å². The second-order valence-electron chi connectivity index (χ2n) is 6.51. The fourth-order valence-corrected chi connectivity index (χ4v) is 3.53. The number of H-pyrrole nitrogens is 1. The Balaban J connectivity index is 1.46. The molecule has 0 saturated carbocycles. The molecule has 1 aromatic heterocycles. The van der Waals surface area contributed by atoms with E-state index in [-0.39, 0.29) is 17.8 Å². The largest absolute Gasteiger partial charge is 0.340 e. The Bertz CT molecular complexity index is 854. The van der Waals surface area contributed by atoms with Gasteiger partial charge in [-0.2, -0.15) is 0 Å². The normalized spacial score (nSPS) is 17.3. The lowest BCUT2D eigenvalue weighted by Gasteiger charge is -2.23. The van der Waals surface area contributed by atoms with Gasteiger partial charge in [0, 0.05) is 13.0 Å². The molecule has 4 rings (SSSR count). The Morgan fingerprint density at radius 2 is 2.00 bits per heavy atom. The van der Waals surface area contributed by atoms with Crippen molar-refractivity contribution in [1.29, 1.82) is 0 Å². The maximum absolute atomic E-state index is 13.0. The Hall–Kier alpha value is -2.69. The molecule has 5 heteroatoms. The number of nitrogens with one attached hydrogen (secondary N) is 1. The zero-order chi connectivity index (χ0) is 17.2. The monoisotopic (exact) mass is 337 g/mol. The van der Waals surface area contributed by atoms with Crippen LogP contribution in [0.5, 0.6) is 0 Å². The first kappa shape index (κ1) is 15.8. The van der Waals surface area contributed by atoms with Crippen LogP contribution in [0.25, 0.3) is 11.0 Å². The summed E-state index contributed by atoms with van der Waals surface area (Å²) in [6, 6.07) is 14.3. The highest BCUT2D eigenvalue weighted by Crippen LogP contribution is 2.32. The van der Waals surface area contributed by atoms with Gasteiger partial charge in [0.05, 0.1) is 17.1 Å². The molecule has 1 fully saturated rings. The molecule has 2 heterocycles. The summed E-state index contributed by atoms with van der Waals surface area (Å²) < 4.78 is 13.0. The minimum Gasteiger partial charge on any atom is -0.340 e. The minimum atomic E-state index is -0.250. The first-order valence-electron chi connectivity index (χ1n) is 8.69. The number of imidazole rings is 1. The number of para-hydroxylation sites is 2. The number of hydrogen-bond acceptors (Lipinski definition) is 2. The predicted octanol–water partition coefficient (Wildman–Crippen LogP) is 4.00. The summed E-state index contributed by atoms with van der Waals surface area (Å²) in [6.45, 7) is 0.768. The lowest BCUT2D eigenvalue weighted by atomic mass is 10.1. The van der Waals surface area contributed by atoms with Crippen molar-refractivity contribution in [3.63, 3.8) is 0 Å². The summed E-state index contributed by atoms with van der Waals surface area (Å²) in [5.41, 5.74) is 2.92. The standard InChI is InChI=1S/C20H20FN3O/c21-15-10-7-14(8-11-15)9-12-19(25)24-13-3-6-18(24)20-22-16-4-1-2-5-17(16)23-20/h1-2,4-5,7-8,10-11,18H,3,6,9,12-13H2,(H,22,23)/t18-/m0/s1. The van der Waals surface area contributed by atoms with E-state index < -0.39 is 0 Å². The van der Waals surface area contributed by atoms with Crippen LogP contribution in [-0.2, 0) is 11.2 Å². The van der Waals surface area contributed by atoms with Gasteiger partial charge in [-0.25, -0.2) is 9.37 Å². The summed E-state index contributed by atoms with van der Waals surface area (Å²) in [5.74, 6) is 0.751. The number of benzene rings is 2. The van der Waals surface area contributed by atoms with E-state index in [1.807, 2.05) is 29.2 Å². The van der Waals surface area contributed by atoms with Crippen molar-refractivity contribution >= 4 is 16.9 Å². The SMILES string of the molecule is O=C(CCc1ccc(F)cc1)N1CCC[C@H]1c1nc2ccccc2[nH]1. The number of aromatic amines is 1. The van der Waals surface area contributed by atoms with Gasteiger partial charge in [-0.1, -0.05) is 24.3 Å². The topological polar surface area (TPSA) is 49.0 Å². The van der Waals surface area contributed by atoms with Gasteiger partial charge < -0.3 is 9.88 Å². The number of aryl methyl sites for hydroxylation is 1. The smallest absolute Gasteiger partial charge is 0.223 e. The van der Waals surface area contributed by atoms with Crippen LogP contribution < -0.4 is 0 Å². The number of fused-ring (bicyclic) bond motifs is 1. The van der Waals surface area contributed by atoms with E-state index >= 15 is 0 Å². The van der Waals surface area contributed by atoms with Gasteiger partial charge in [-0.05, 0) is 49.1 Å². The Labute approximate surface area is 145 Å². The van der Waals surface area contributed by atoms with E-state index in [1.54, 1.807) is 12.1 Å². The molecule has 1 aliphatic rings. The van der Waals surface area contributed by atoms with Gasteiger partial charge >= 0.3 is 0 Å². The van der Waals surface area contributed by atoms with Crippen LogP contribution in [0.4, 0.5) is 4.39 Å². The van der Waals surface area contributed by atoms with E-state index in [4.69, 9.17) is 0 Å². The average Bonchev–Trinajstić information content (AvgIpc) is 3.27. The van der Waals surface area contributed by atoms with Gasteiger partial charge in [-0.15, -0.1) is 0 Å². The number of carbonyl (C=O) groups is 1. The number of nitrogens with zero attached hydrogens (tertiary/aromatic N) is 2. The second-order valence-corrected chi connectivity index (χ2v) is 6.51. The summed E-state index contributed by atoms with van der Waals surface area (Å²) in [6.07, 6.45) is 2.98. The van der Waals surface area contributed by atoms with E-state index in [0.717, 1.165) is 41.8 Å². The van der Waals surface area contributed by atoms with Gasteiger partial charge in [0.1, 0.15) is 11.6 Å². The fourth-order valence-electron chi connectivity index (χ4n) is 3.53. The number of likely N-dealkylation sites (tertiary alicyclic amines) is 1. The van der Waals surface area contributed by atoms with Crippen molar-refractivity contribution in [2.24, 2.45) is 0 Å². The first-order valence-corrected chi connectivity index (χ1v) is 8.69. The van der Waals surface area contributed by atoms with Crippen molar-refractivity contribution in [3.05, 3.63) is 65.7 Å². The molecule has 0 unspecified atom stereocenters. The van der Waals surface area contributed by atoms with Crippen molar-refractivity contribution in [2.75, 3.05) is 6.54 Å². The molecular formula is C20H20FN3O. The predicted molar refractivity (Wildman–Crippen MR) is 94.5 cm³/mol. The molecule has 0 spiro atoms. The van der Waals surface area contributed by atoms with E-state index in [9.17, 15) is 9.18 Å². The van der Waals surface area contributed by atoms with Crippen LogP contribution in [0, 0.1) is 5.82 Å². The molecule has 0 bridgehead atoms. The van der Waals surface area contributed by atoms with Crippen molar-refractivity contribution in [3.8, 4) is 0 Å². The third-order valence-corrected chi connectivity index (χ3v) is 4.84. The Kier molecular flexibility index (Phi) is 4.22. The van der Waals surface area contributed by atoms with Crippen LogP contribution in [0.1, 0.15) is 36.7 Å². The number of carbonyl (C=O) groups excluding carboxylic acids is 1. The van der Waals surface area contributed by atoms with Gasteiger partial charge in [0.15, 0.2) is 0 Å². The van der Waals surface area contributed by atoms with E-state index in [1.165, 1.54) is 12.1 Å². The molecule has 0 radical (unpaired) electrons. The molecule has 2 aromatic carbocycles. The maximum Gasteiger partial charge on any atom is 0.223 e. The van der Waals surface area contributed by atoms with Gasteiger partial charge in [0.25, 0.3) is 0 Å². The number of hydrogen-bond donors (Lipinski definition) is 1. The number of halogens is 1. The fraction of sp³-hybridized carbons (Fsp3) is 0.300. The van der Waals surface area contributed by atoms with Crippen molar-refractivity contribution in [2.45, 2.75) is 31.7 Å². The molecule has 128 valence electrons. The lowest BCUT2D eigenvalue weighted by molar-refractivity contribution is -0.132. The Morgan fingerprint density at radius 1 is 1.20 bits per heavy atom. The molecule has 1 aliphatic heterocycles. The quantitative estimate of drug-likeness (QED) is 0.782. The second kappa shape index (κ2) is 6.67. The highest BCUT2D eigenvalue weighted by atomic mass is 19.1. The Morgan fingerprint density at radius 3 is 2.80 bits per heavy atom. The summed E-state index contributed by atoms with van der Waals surface area (Å²) in [7, 11) is 0. The van der Waals surface area contributed by atoms with Gasteiger partial charge in [0.2, 0.25) is 5.91 Å². The molecule has 1 saturated heterocycles. The third kappa shape index (κ3) is 3.27. The number of rotatable bonds is 4. The third-order valence-electron chi connectivity index (χ3n) is 4.84. The maximum atomic E-state index is 13.0. The zero-order valence-corrected chi connectivity index (χ0v) is 13.9. The minimum absolute atomic E-state index is 0.0214. The molecule has 0 aliphatic carbocycles. The van der Waals surface area contributed by atoms with Crippen LogP contribution in [0.2, 0.25) is 0 Å². The molecule has 25 heavy (non-hydrogen) atoms. The lowest BCUT2D eigenvalue weighted by Crippen LogP contribution is -2.31. The van der Waals surface area contributed by atoms with E-state index in [0.29, 0.717) is 12.8 Å². The molecule has 3 aromatic rings. The van der Waals surface area contributed by atoms with Crippen LogP contribution in [0.3, 0.4) is 0 Å². The molecular weight excluding hydrogens is 317 g/mol. The number of amides is 1. The summed E-state index contributed by atoms with van der Waals surface area (Å²) >= 11 is 0. The van der Waals surface area contributed by atoms with Crippen LogP contribution >= 0.6 is 0 Å². The van der Waals surface area contributed by atoms with Crippen molar-refractivity contribution in [1.82, 2.24) is 14.9 Å². The molecule has 4 nitrogen and oxygen atoms in total. The average molecular weight is 337 g/mol. The first-order chi connectivity index (χ1) is 12.2. The van der Waals surface area contributed by atoms with Crippen LogP contribution in [-0.4, -0.2) is 27.3 Å². The summed E-state index contributed by atoms with van der Waals surface area (Å²) in [4.78, 5) is 22.6. The van der Waals surface area contributed by atoms with Gasteiger partial charge in [-0.3, -0.25) is 4.79 Å². The molecule has 1 amide bonds. The van der Waals surface area contributed by atoms with Crippen LogP contribution in [0.15, 0.2) is 48.5 Å². The highest BCUT2D eigenvalue weighted by molar-refractivity contribution is 5.78. The summed E-state index contributed by atoms with van der Waals surface area (Å²) in [5, 5.41) is 0. The molecule has 1 N–H and O–H groups in total. The number of aromatic nitrogens is 2. The zero-order valence-electron chi connectivity index (χ0n) is 13.9. The molecule has 1 atom stereocenters. The van der Waals surface area contributed by atoms with E-state index in [2.05, 4.69) is 9.97 Å². The highest BCUT2D eigenvalue weighted by Gasteiger charge is 2.31.